The highest BCUT2D eigenvalue weighted by atomic mass is 15.3. The molecule has 1 atom stereocenters. The molecule has 0 amide bonds. The Kier molecular flexibility index (Phi) is 2.92. The first-order valence-electron chi connectivity index (χ1n) is 6.59. The van der Waals surface area contributed by atoms with Crippen molar-refractivity contribution in [2.75, 3.05) is 6.54 Å². The maximum Gasteiger partial charge on any atom is 0.0874 e. The van der Waals surface area contributed by atoms with Crippen LogP contribution >= 0.6 is 0 Å². The lowest BCUT2D eigenvalue weighted by Gasteiger charge is -2.10. The molecule has 3 nitrogen and oxygen atoms in total. The second kappa shape index (κ2) is 4.58. The van der Waals surface area contributed by atoms with Crippen LogP contribution in [0.15, 0.2) is 30.3 Å². The number of rotatable bonds is 2. The van der Waals surface area contributed by atoms with Gasteiger partial charge in [-0.05, 0) is 31.9 Å². The van der Waals surface area contributed by atoms with Gasteiger partial charge in [-0.25, -0.2) is 0 Å². The van der Waals surface area contributed by atoms with Crippen molar-refractivity contribution in [2.24, 2.45) is 7.05 Å². The summed E-state index contributed by atoms with van der Waals surface area (Å²) in [4.78, 5) is 0. The summed E-state index contributed by atoms with van der Waals surface area (Å²) in [6, 6.07) is 11.0. The maximum absolute atomic E-state index is 4.72. The average Bonchev–Trinajstić information content (AvgIpc) is 3.00. The van der Waals surface area contributed by atoms with Crippen LogP contribution in [0.1, 0.15) is 30.3 Å². The van der Waals surface area contributed by atoms with Crippen LogP contribution in [0.25, 0.3) is 11.1 Å². The molecule has 0 bridgehead atoms. The lowest BCUT2D eigenvalue weighted by molar-refractivity contribution is 0.605. The van der Waals surface area contributed by atoms with Crippen LogP contribution in [0, 0.1) is 6.92 Å². The third kappa shape index (κ3) is 1.85. The zero-order valence-electron chi connectivity index (χ0n) is 11.0. The lowest BCUT2D eigenvalue weighted by Crippen LogP contribution is -2.14. The lowest BCUT2D eigenvalue weighted by atomic mass is 9.99. The van der Waals surface area contributed by atoms with E-state index >= 15 is 0 Å². The molecule has 1 N–H and O–H groups in total. The molecule has 1 aromatic carbocycles. The van der Waals surface area contributed by atoms with Crippen LogP contribution in [0.4, 0.5) is 0 Å². The van der Waals surface area contributed by atoms with Crippen LogP contribution in [-0.4, -0.2) is 16.3 Å². The molecule has 3 heteroatoms. The topological polar surface area (TPSA) is 29.9 Å². The van der Waals surface area contributed by atoms with Gasteiger partial charge in [-0.2, -0.15) is 5.10 Å². The summed E-state index contributed by atoms with van der Waals surface area (Å²) in [7, 11) is 2.03. The molecular weight excluding hydrogens is 222 g/mol. The standard InChI is InChI=1S/C15H19N3/c1-11-14(12-7-4-3-5-8-12)15(17-18(11)2)13-9-6-10-16-13/h3-5,7-8,13,16H,6,9-10H2,1-2H3. The summed E-state index contributed by atoms with van der Waals surface area (Å²) in [6.45, 7) is 3.25. The molecular formula is C15H19N3. The molecule has 0 aliphatic carbocycles. The van der Waals surface area contributed by atoms with E-state index in [0.717, 1.165) is 6.54 Å². The van der Waals surface area contributed by atoms with Gasteiger partial charge in [0.15, 0.2) is 0 Å². The van der Waals surface area contributed by atoms with Crippen molar-refractivity contribution >= 4 is 0 Å². The fourth-order valence-corrected chi connectivity index (χ4v) is 2.76. The molecule has 94 valence electrons. The van der Waals surface area contributed by atoms with Crippen LogP contribution in [-0.2, 0) is 7.05 Å². The molecule has 3 rings (SSSR count). The van der Waals surface area contributed by atoms with Gasteiger partial charge < -0.3 is 5.32 Å². The molecule has 1 aromatic heterocycles. The highest BCUT2D eigenvalue weighted by Crippen LogP contribution is 2.33. The van der Waals surface area contributed by atoms with Crippen LogP contribution in [0.5, 0.6) is 0 Å². The number of aryl methyl sites for hydroxylation is 1. The van der Waals surface area contributed by atoms with Crippen LogP contribution in [0.3, 0.4) is 0 Å². The summed E-state index contributed by atoms with van der Waals surface area (Å²) in [6.07, 6.45) is 2.44. The molecule has 0 saturated carbocycles. The van der Waals surface area contributed by atoms with Crippen molar-refractivity contribution in [3.63, 3.8) is 0 Å². The van der Waals surface area contributed by atoms with Gasteiger partial charge in [0.1, 0.15) is 0 Å². The molecule has 1 fully saturated rings. The minimum Gasteiger partial charge on any atom is -0.309 e. The number of nitrogens with zero attached hydrogens (tertiary/aromatic N) is 2. The second-order valence-corrected chi connectivity index (χ2v) is 4.98. The van der Waals surface area contributed by atoms with Crippen LogP contribution < -0.4 is 5.32 Å². The monoisotopic (exact) mass is 241 g/mol. The molecule has 1 aliphatic rings. The number of aromatic nitrogens is 2. The predicted octanol–water partition coefficient (Wildman–Crippen LogP) is 2.82. The highest BCUT2D eigenvalue weighted by molar-refractivity contribution is 5.69. The Balaban J connectivity index is 2.12. The summed E-state index contributed by atoms with van der Waals surface area (Å²) in [5.74, 6) is 0. The Labute approximate surface area is 108 Å². The minimum absolute atomic E-state index is 0.417. The van der Waals surface area contributed by atoms with Crippen molar-refractivity contribution in [1.82, 2.24) is 15.1 Å². The van der Waals surface area contributed by atoms with E-state index in [2.05, 4.69) is 42.6 Å². The van der Waals surface area contributed by atoms with E-state index < -0.39 is 0 Å². The van der Waals surface area contributed by atoms with Gasteiger partial charge in [0.25, 0.3) is 0 Å². The molecule has 0 spiro atoms. The fourth-order valence-electron chi connectivity index (χ4n) is 2.76. The Morgan fingerprint density at radius 1 is 1.28 bits per heavy atom. The van der Waals surface area contributed by atoms with E-state index in [1.165, 1.54) is 35.4 Å². The first-order valence-corrected chi connectivity index (χ1v) is 6.59. The summed E-state index contributed by atoms with van der Waals surface area (Å²) >= 11 is 0. The van der Waals surface area contributed by atoms with E-state index in [1.807, 2.05) is 11.7 Å². The SMILES string of the molecule is Cc1c(-c2ccccc2)c(C2CCCN2)nn1C. The van der Waals surface area contributed by atoms with Crippen molar-refractivity contribution < 1.29 is 0 Å². The first-order chi connectivity index (χ1) is 8.77. The van der Waals surface area contributed by atoms with E-state index in [-0.39, 0.29) is 0 Å². The molecule has 2 heterocycles. The van der Waals surface area contributed by atoms with Crippen molar-refractivity contribution in [1.29, 1.82) is 0 Å². The third-order valence-corrected chi connectivity index (χ3v) is 3.81. The Morgan fingerprint density at radius 2 is 2.06 bits per heavy atom. The van der Waals surface area contributed by atoms with Gasteiger partial charge in [-0.3, -0.25) is 4.68 Å². The number of nitrogens with one attached hydrogen (secondary N) is 1. The van der Waals surface area contributed by atoms with Crippen LogP contribution in [0.2, 0.25) is 0 Å². The van der Waals surface area contributed by atoms with E-state index in [0.29, 0.717) is 6.04 Å². The van der Waals surface area contributed by atoms with Crippen molar-refractivity contribution in [3.05, 3.63) is 41.7 Å². The molecule has 0 radical (unpaired) electrons. The zero-order chi connectivity index (χ0) is 12.5. The Hall–Kier alpha value is -1.61. The van der Waals surface area contributed by atoms with E-state index in [9.17, 15) is 0 Å². The second-order valence-electron chi connectivity index (χ2n) is 4.98. The van der Waals surface area contributed by atoms with Gasteiger partial charge in [0, 0.05) is 18.3 Å². The molecule has 1 aliphatic heterocycles. The minimum atomic E-state index is 0.417. The summed E-state index contributed by atoms with van der Waals surface area (Å²) in [5, 5.41) is 8.27. The number of hydrogen-bond acceptors (Lipinski definition) is 2. The van der Waals surface area contributed by atoms with Gasteiger partial charge in [0.05, 0.1) is 11.7 Å². The largest absolute Gasteiger partial charge is 0.309 e. The Morgan fingerprint density at radius 3 is 2.72 bits per heavy atom. The van der Waals surface area contributed by atoms with Gasteiger partial charge in [-0.15, -0.1) is 0 Å². The quantitative estimate of drug-likeness (QED) is 0.876. The fraction of sp³-hybridized carbons (Fsp3) is 0.400. The maximum atomic E-state index is 4.72. The van der Waals surface area contributed by atoms with Crippen molar-refractivity contribution in [3.8, 4) is 11.1 Å². The average molecular weight is 241 g/mol. The molecule has 1 saturated heterocycles. The molecule has 1 unspecified atom stereocenters. The van der Waals surface area contributed by atoms with E-state index in [4.69, 9.17) is 5.10 Å². The number of benzene rings is 1. The summed E-state index contributed by atoms with van der Waals surface area (Å²) in [5.41, 5.74) is 5.02. The van der Waals surface area contributed by atoms with Gasteiger partial charge >= 0.3 is 0 Å². The smallest absolute Gasteiger partial charge is 0.0874 e. The molecule has 18 heavy (non-hydrogen) atoms. The van der Waals surface area contributed by atoms with Gasteiger partial charge in [0.2, 0.25) is 0 Å². The zero-order valence-corrected chi connectivity index (χ0v) is 11.0. The highest BCUT2D eigenvalue weighted by Gasteiger charge is 2.24. The number of hydrogen-bond donors (Lipinski definition) is 1. The normalized spacial score (nSPS) is 19.3. The van der Waals surface area contributed by atoms with Crippen molar-refractivity contribution in [2.45, 2.75) is 25.8 Å². The predicted molar refractivity (Wildman–Crippen MR) is 73.4 cm³/mol. The first kappa shape index (κ1) is 11.5. The molecule has 2 aromatic rings. The Bertz CT molecular complexity index is 536. The van der Waals surface area contributed by atoms with E-state index in [1.54, 1.807) is 0 Å². The van der Waals surface area contributed by atoms with Gasteiger partial charge in [-0.1, -0.05) is 30.3 Å². The third-order valence-electron chi connectivity index (χ3n) is 3.81. The summed E-state index contributed by atoms with van der Waals surface area (Å²) < 4.78 is 2.00.